The van der Waals surface area contributed by atoms with E-state index in [0.717, 1.165) is 41.5 Å². The van der Waals surface area contributed by atoms with E-state index in [1.54, 1.807) is 0 Å². The first-order valence-corrected chi connectivity index (χ1v) is 37.6. The lowest BCUT2D eigenvalue weighted by atomic mass is 9.93. The standard InChI is InChI=1S/C66H110N6O46/c1-16(79)67-31-48(96)53(26(11-77)105-58(31)101)114-63-36(72-21(6)84)49(97)54(27(12-78)110-63)115-64-52(100)55(116-66-57(118-62-35(71-20(5)83)47(95)40(88)25(10-76)109-62)51(99)42(90)29(113-66)14-103-60-33(69-18(3)81)45(93)38(86)23(8-74)107-60)43(91)30(111-64)15-104-65-56(117-61-34(70-19(4)82)46(94)39(87)24(9-75)108-61)50(98)41(89)28(112-65)13-102-59-32(68-17(2)80)44(92)37(85)22(7-73)106-59/h22-66,73-78,85-101H,7-15H2,1-6H3,(H,67,79)(H,68,80)(H,69,81)(H,70,82)(H,71,83)(H,72,84)/t22-,23-,24-,25-,26-,27-,28-,29-,30-,31-,32-,33-,34-,35+,36-,37-,38-,39-,40-,41-,42-,43-,44-,45-,46-,47-,48-,49-,50+,51+,52+,53-,54-,55+,56+,57+,58-,59-,60-,61+,62+,63+,64+,65+,66-/m1/s1. The maximum absolute atomic E-state index is 13.1. The molecule has 0 aromatic rings. The maximum Gasteiger partial charge on any atom is 0.217 e. The van der Waals surface area contributed by atoms with Crippen LogP contribution in [0.2, 0.25) is 0 Å². The molecule has 0 saturated carbocycles. The monoisotopic (exact) mass is 1720 g/mol. The molecular formula is C66H110N6O46. The number of aliphatic hydroxyl groups is 23. The number of carbonyl (C=O) groups excluding carboxylic acids is 6. The number of hydrogen-bond acceptors (Lipinski definition) is 46. The molecule has 9 heterocycles. The molecule has 9 saturated heterocycles. The highest BCUT2D eigenvalue weighted by Gasteiger charge is 2.61. The highest BCUT2D eigenvalue weighted by atomic mass is 16.8. The van der Waals surface area contributed by atoms with Gasteiger partial charge in [-0.15, -0.1) is 0 Å². The molecule has 0 radical (unpaired) electrons. The molecule has 0 spiro atoms. The van der Waals surface area contributed by atoms with Crippen molar-refractivity contribution < 1.29 is 227 Å². The summed E-state index contributed by atoms with van der Waals surface area (Å²) in [5, 5.41) is 274. The van der Waals surface area contributed by atoms with E-state index in [1.165, 1.54) is 0 Å². The average molecular weight is 1720 g/mol. The second-order valence-electron chi connectivity index (χ2n) is 29.7. The van der Waals surface area contributed by atoms with Gasteiger partial charge in [0.15, 0.2) is 56.6 Å². The summed E-state index contributed by atoms with van der Waals surface area (Å²) < 4.78 is 102. The first kappa shape index (κ1) is 97.0. The Morgan fingerprint density at radius 3 is 0.822 bits per heavy atom. The van der Waals surface area contributed by atoms with E-state index in [2.05, 4.69) is 31.9 Å². The lowest BCUT2D eigenvalue weighted by molar-refractivity contribution is -0.398. The fraction of sp³-hybridized carbons (Fsp3) is 0.909. The Morgan fingerprint density at radius 2 is 0.458 bits per heavy atom. The normalized spacial score (nSPS) is 46.9. The summed E-state index contributed by atoms with van der Waals surface area (Å²) in [6, 6.07) is -10.7. The number of hydrogen-bond donors (Lipinski definition) is 29. The molecule has 45 atom stereocenters. The predicted octanol–water partition coefficient (Wildman–Crippen LogP) is -19.8. The zero-order chi connectivity index (χ0) is 87.1. The summed E-state index contributed by atoms with van der Waals surface area (Å²) in [7, 11) is 0. The first-order valence-electron chi connectivity index (χ1n) is 37.6. The van der Waals surface area contributed by atoms with Crippen molar-refractivity contribution in [3.8, 4) is 0 Å². The second kappa shape index (κ2) is 42.7. The highest BCUT2D eigenvalue weighted by molar-refractivity contribution is 5.75. The summed E-state index contributed by atoms with van der Waals surface area (Å²) in [6.07, 6.45) is -81.9. The van der Waals surface area contributed by atoms with Crippen LogP contribution in [0.25, 0.3) is 0 Å². The van der Waals surface area contributed by atoms with Crippen LogP contribution in [0.4, 0.5) is 0 Å². The van der Waals surface area contributed by atoms with Crippen LogP contribution in [0.5, 0.6) is 0 Å². The molecule has 0 aromatic carbocycles. The largest absolute Gasteiger partial charge is 0.394 e. The van der Waals surface area contributed by atoms with Gasteiger partial charge in [-0.2, -0.15) is 0 Å². The van der Waals surface area contributed by atoms with Crippen LogP contribution < -0.4 is 31.9 Å². The van der Waals surface area contributed by atoms with Gasteiger partial charge in [0.2, 0.25) is 35.4 Å². The van der Waals surface area contributed by atoms with Crippen molar-refractivity contribution in [1.29, 1.82) is 0 Å². The van der Waals surface area contributed by atoms with Crippen molar-refractivity contribution in [3.05, 3.63) is 0 Å². The summed E-state index contributed by atoms with van der Waals surface area (Å²) in [5.41, 5.74) is 0. The van der Waals surface area contributed by atoms with Crippen LogP contribution in [0.15, 0.2) is 0 Å². The van der Waals surface area contributed by atoms with Gasteiger partial charge < -0.3 is 230 Å². The Labute approximate surface area is 669 Å². The third-order valence-electron chi connectivity index (χ3n) is 21.1. The van der Waals surface area contributed by atoms with E-state index in [0.29, 0.717) is 0 Å². The topological polar surface area (TPSA) is 797 Å². The Morgan fingerprint density at radius 1 is 0.220 bits per heavy atom. The maximum atomic E-state index is 13.1. The van der Waals surface area contributed by atoms with Gasteiger partial charge in [-0.3, -0.25) is 28.8 Å². The molecule has 118 heavy (non-hydrogen) atoms. The van der Waals surface area contributed by atoms with Crippen LogP contribution in [-0.4, -0.2) is 488 Å². The van der Waals surface area contributed by atoms with Gasteiger partial charge in [0.05, 0.1) is 59.5 Å². The van der Waals surface area contributed by atoms with Crippen molar-refractivity contribution in [2.75, 3.05) is 59.5 Å². The van der Waals surface area contributed by atoms with Crippen molar-refractivity contribution in [2.45, 2.75) is 318 Å². The van der Waals surface area contributed by atoms with E-state index in [9.17, 15) is 146 Å². The summed E-state index contributed by atoms with van der Waals surface area (Å²) in [6.45, 7) is -3.76. The van der Waals surface area contributed by atoms with Crippen molar-refractivity contribution in [2.24, 2.45) is 0 Å². The molecule has 680 valence electrons. The van der Waals surface area contributed by atoms with Gasteiger partial charge in [0.1, 0.15) is 219 Å². The van der Waals surface area contributed by atoms with E-state index in [4.69, 9.17) is 80.5 Å². The molecule has 6 amide bonds. The molecule has 9 aliphatic rings. The molecular weight excluding hydrogens is 1610 g/mol. The minimum absolute atomic E-state index is 0.801. The molecule has 0 bridgehead atoms. The van der Waals surface area contributed by atoms with Gasteiger partial charge in [0.25, 0.3) is 0 Å². The minimum Gasteiger partial charge on any atom is -0.394 e. The van der Waals surface area contributed by atoms with Crippen LogP contribution >= 0.6 is 0 Å². The van der Waals surface area contributed by atoms with Gasteiger partial charge >= 0.3 is 0 Å². The SMILES string of the molecule is CC(=O)N[C@@H]1[C@H](O[C@@H]2[C@@H](O[C@@H]3[C@H](O)[C@H](O[C@H]4[C@H](O)[C@@H](NC(C)=O)[C@H](O[C@H]5[C@H](O)[C@@H](NC(C)=O)[C@H](O)O[C@@H]5CO)O[C@@H]4CO)O[C@H](CO[C@H]4O[C@H](CO[C@@H]5O[C@H](CO)[C@@H](O)[C@H](O)[C@H]5NC(C)=O)[C@@H](O)[C@H](O)[C@@H]4O[C@@H]4O[C@H](CO)[C@@H](O)[C@H](O)[C@H]4NC(C)=O)[C@H]3O)O[C@H](CO[C@@H]3O[C@H](CO)[C@@H](O)[C@H](O)[C@H]3NC(C)=O)[C@@H](O)[C@@H]2O)O[C@H](CO)[C@@H](O)[C@@H]1O. The number of nitrogens with one attached hydrogen (secondary N) is 6. The quantitative estimate of drug-likeness (QED) is 0.0306. The lowest BCUT2D eigenvalue weighted by Crippen LogP contribution is -2.71. The molecule has 52 heteroatoms. The van der Waals surface area contributed by atoms with E-state index in [1.807, 2.05) is 0 Å². The molecule has 0 aromatic heterocycles. The number of carbonyl (C=O) groups is 6. The van der Waals surface area contributed by atoms with Gasteiger partial charge in [-0.1, -0.05) is 0 Å². The number of aliphatic hydroxyl groups excluding tert-OH is 23. The Hall–Kier alpha value is -4.78. The average Bonchev–Trinajstić information content (AvgIpc) is 0.766. The minimum atomic E-state index is -2.65. The Kier molecular flexibility index (Phi) is 35.1. The molecule has 0 aliphatic carbocycles. The zero-order valence-electron chi connectivity index (χ0n) is 64.0. The molecule has 9 aliphatic heterocycles. The van der Waals surface area contributed by atoms with Crippen LogP contribution in [0.1, 0.15) is 41.5 Å². The fourth-order valence-electron chi connectivity index (χ4n) is 15.1. The van der Waals surface area contributed by atoms with E-state index >= 15 is 0 Å². The smallest absolute Gasteiger partial charge is 0.217 e. The van der Waals surface area contributed by atoms with E-state index < -0.39 is 371 Å². The highest BCUT2D eigenvalue weighted by Crippen LogP contribution is 2.39. The number of amides is 6. The third-order valence-corrected chi connectivity index (χ3v) is 21.1. The molecule has 9 rings (SSSR count). The van der Waals surface area contributed by atoms with Crippen LogP contribution in [-0.2, 0) is 109 Å². The Bertz CT molecular complexity index is 3230. The summed E-state index contributed by atoms with van der Waals surface area (Å²) in [5.74, 6) is -5.22. The summed E-state index contributed by atoms with van der Waals surface area (Å²) in [4.78, 5) is 75.6. The Balaban J connectivity index is 1.13. The third kappa shape index (κ3) is 22.3. The van der Waals surface area contributed by atoms with Crippen molar-refractivity contribution in [1.82, 2.24) is 31.9 Å². The molecule has 9 fully saturated rings. The van der Waals surface area contributed by atoms with Crippen molar-refractivity contribution >= 4 is 35.4 Å². The van der Waals surface area contributed by atoms with Crippen molar-refractivity contribution in [3.63, 3.8) is 0 Å². The number of ether oxygens (including phenoxy) is 17. The van der Waals surface area contributed by atoms with Gasteiger partial charge in [-0.05, 0) is 0 Å². The van der Waals surface area contributed by atoms with Gasteiger partial charge in [-0.25, -0.2) is 0 Å². The molecule has 29 N–H and O–H groups in total. The molecule has 52 nitrogen and oxygen atoms in total. The zero-order valence-corrected chi connectivity index (χ0v) is 64.0. The molecule has 0 unspecified atom stereocenters. The fourth-order valence-corrected chi connectivity index (χ4v) is 15.1. The lowest BCUT2D eigenvalue weighted by Gasteiger charge is -2.51. The van der Waals surface area contributed by atoms with Gasteiger partial charge in [0, 0.05) is 41.5 Å². The first-order chi connectivity index (χ1) is 55.7. The number of rotatable bonds is 31. The van der Waals surface area contributed by atoms with E-state index in [-0.39, 0.29) is 0 Å². The van der Waals surface area contributed by atoms with Crippen LogP contribution in [0, 0.1) is 0 Å². The van der Waals surface area contributed by atoms with Crippen LogP contribution in [0.3, 0.4) is 0 Å². The second-order valence-corrected chi connectivity index (χ2v) is 29.7. The predicted molar refractivity (Wildman–Crippen MR) is 367 cm³/mol. The summed E-state index contributed by atoms with van der Waals surface area (Å²) >= 11 is 0.